The van der Waals surface area contributed by atoms with E-state index in [1.165, 1.54) is 12.5 Å². The highest BCUT2D eigenvalue weighted by atomic mass is 32.2. The topological polar surface area (TPSA) is 232 Å². The summed E-state index contributed by atoms with van der Waals surface area (Å²) in [4.78, 5) is 60.9. The zero-order valence-corrected chi connectivity index (χ0v) is 33.5. The summed E-state index contributed by atoms with van der Waals surface area (Å²) in [5.74, 6) is -3.44. The number of amides is 4. The van der Waals surface area contributed by atoms with Crippen LogP contribution >= 0.6 is 0 Å². The molecule has 17 heteroatoms. The van der Waals surface area contributed by atoms with Crippen molar-refractivity contribution in [3.05, 3.63) is 59.3 Å². The molecule has 1 aliphatic carbocycles. The van der Waals surface area contributed by atoms with E-state index in [1.807, 2.05) is 6.07 Å². The number of imidazole rings is 1. The summed E-state index contributed by atoms with van der Waals surface area (Å²) in [6, 6.07) is 5.28. The lowest BCUT2D eigenvalue weighted by molar-refractivity contribution is -0.898. The van der Waals surface area contributed by atoms with Crippen molar-refractivity contribution in [1.29, 1.82) is 0 Å². The number of piperidine rings is 3. The summed E-state index contributed by atoms with van der Waals surface area (Å²) in [6.07, 6.45) is 6.99. The molecule has 2 bridgehead atoms. The van der Waals surface area contributed by atoms with Crippen molar-refractivity contribution >= 4 is 33.7 Å². The Labute approximate surface area is 329 Å². The van der Waals surface area contributed by atoms with E-state index < -0.39 is 81.0 Å². The molecule has 1 aromatic heterocycles. The normalized spacial score (nSPS) is 23.6. The Morgan fingerprint density at radius 2 is 1.62 bits per heavy atom. The largest absolute Gasteiger partial charge is 0.633 e. The SMILES string of the molecule is CC(C)(C)OC(=O)N[C@@H](Cc1ccccc1)C(=O)N[C@@H](Cc1cnc[nH]1)C(=O)N[C@@H](CC1CCCCC1)[C@@H](O)CS(=O)(=O)CC(=O)NC1C[N+]2([O-])CCC1CC2. The predicted molar refractivity (Wildman–Crippen MR) is 208 cm³/mol. The molecule has 6 rings (SSSR count). The van der Waals surface area contributed by atoms with E-state index >= 15 is 0 Å². The monoisotopic (exact) mass is 801 g/mol. The van der Waals surface area contributed by atoms with E-state index in [1.54, 1.807) is 45.0 Å². The van der Waals surface area contributed by atoms with Gasteiger partial charge in [0.1, 0.15) is 23.4 Å². The fourth-order valence-corrected chi connectivity index (χ4v) is 9.54. The molecule has 4 fully saturated rings. The molecular weight excluding hydrogens is 743 g/mol. The first-order valence-corrected chi connectivity index (χ1v) is 21.6. The number of rotatable bonds is 17. The number of nitrogens with one attached hydrogen (secondary N) is 5. The molecule has 3 saturated heterocycles. The van der Waals surface area contributed by atoms with E-state index in [4.69, 9.17) is 4.74 Å². The molecule has 4 amide bonds. The number of aliphatic hydroxyl groups excluding tert-OH is 1. The first-order valence-electron chi connectivity index (χ1n) is 19.8. The third-order valence-electron chi connectivity index (χ3n) is 11.0. The lowest BCUT2D eigenvalue weighted by Gasteiger charge is -2.55. The van der Waals surface area contributed by atoms with Gasteiger partial charge in [0, 0.05) is 37.6 Å². The van der Waals surface area contributed by atoms with Crippen LogP contribution in [0.25, 0.3) is 0 Å². The van der Waals surface area contributed by atoms with Crippen molar-refractivity contribution in [2.24, 2.45) is 11.8 Å². The summed E-state index contributed by atoms with van der Waals surface area (Å²) in [7, 11) is -4.16. The van der Waals surface area contributed by atoms with Gasteiger partial charge >= 0.3 is 6.09 Å². The van der Waals surface area contributed by atoms with Crippen LogP contribution in [-0.2, 0) is 41.8 Å². The van der Waals surface area contributed by atoms with E-state index in [9.17, 15) is 37.9 Å². The maximum Gasteiger partial charge on any atom is 0.408 e. The highest BCUT2D eigenvalue weighted by molar-refractivity contribution is 7.92. The summed E-state index contributed by atoms with van der Waals surface area (Å²) in [5.41, 5.74) is 0.446. The van der Waals surface area contributed by atoms with Gasteiger partial charge in [-0.25, -0.2) is 18.2 Å². The number of carbonyl (C=O) groups is 4. The first-order chi connectivity index (χ1) is 26.5. The maximum absolute atomic E-state index is 14.2. The average Bonchev–Trinajstić information content (AvgIpc) is 3.63. The summed E-state index contributed by atoms with van der Waals surface area (Å²) in [5, 5.41) is 35.4. The number of hydroxylamine groups is 3. The molecule has 1 unspecified atom stereocenters. The molecule has 56 heavy (non-hydrogen) atoms. The van der Waals surface area contributed by atoms with E-state index in [-0.39, 0.29) is 35.9 Å². The van der Waals surface area contributed by atoms with Gasteiger partial charge in [0.25, 0.3) is 0 Å². The Balaban J connectivity index is 1.30. The number of aliphatic hydroxyl groups is 1. The molecule has 3 aliphatic heterocycles. The number of aromatic nitrogens is 2. The van der Waals surface area contributed by atoms with E-state index in [2.05, 4.69) is 31.2 Å². The van der Waals surface area contributed by atoms with Crippen LogP contribution in [0.2, 0.25) is 0 Å². The minimum Gasteiger partial charge on any atom is -0.633 e. The number of carbonyl (C=O) groups excluding carboxylic acids is 4. The number of ether oxygens (including phenoxy) is 1. The van der Waals surface area contributed by atoms with Gasteiger partial charge in [0.05, 0.1) is 49.9 Å². The van der Waals surface area contributed by atoms with Crippen LogP contribution in [0.15, 0.2) is 42.9 Å². The third kappa shape index (κ3) is 13.3. The van der Waals surface area contributed by atoms with Crippen molar-refractivity contribution in [1.82, 2.24) is 31.2 Å². The number of fused-ring (bicyclic) bond motifs is 3. The molecular formula is C39H59N7O9S. The van der Waals surface area contributed by atoms with Crippen molar-refractivity contribution in [2.45, 2.75) is 121 Å². The van der Waals surface area contributed by atoms with Crippen molar-refractivity contribution in [3.63, 3.8) is 0 Å². The van der Waals surface area contributed by atoms with Gasteiger partial charge in [0.2, 0.25) is 17.7 Å². The van der Waals surface area contributed by atoms with Crippen LogP contribution in [0, 0.1) is 17.0 Å². The molecule has 310 valence electrons. The molecule has 0 radical (unpaired) electrons. The molecule has 0 spiro atoms. The number of hydrogen-bond donors (Lipinski definition) is 6. The molecule has 4 aliphatic rings. The highest BCUT2D eigenvalue weighted by Gasteiger charge is 2.42. The molecule has 16 nitrogen and oxygen atoms in total. The number of alkyl carbamates (subject to hydrolysis) is 1. The number of H-pyrrole nitrogens is 1. The van der Waals surface area contributed by atoms with Crippen molar-refractivity contribution in [3.8, 4) is 0 Å². The lowest BCUT2D eigenvalue weighted by Crippen LogP contribution is -2.64. The molecule has 2 aromatic rings. The zero-order chi connectivity index (χ0) is 40.5. The Bertz CT molecular complexity index is 1720. The van der Waals surface area contributed by atoms with Crippen LogP contribution in [0.5, 0.6) is 0 Å². The van der Waals surface area contributed by atoms with Crippen LogP contribution in [-0.4, -0.2) is 119 Å². The summed E-state index contributed by atoms with van der Waals surface area (Å²) in [6.45, 7) is 6.32. The average molecular weight is 802 g/mol. The van der Waals surface area contributed by atoms with Gasteiger partial charge in [-0.2, -0.15) is 0 Å². The van der Waals surface area contributed by atoms with Crippen molar-refractivity contribution in [2.75, 3.05) is 31.1 Å². The molecule has 5 atom stereocenters. The fourth-order valence-electron chi connectivity index (χ4n) is 8.18. The van der Waals surface area contributed by atoms with Gasteiger partial charge in [-0.15, -0.1) is 0 Å². The van der Waals surface area contributed by atoms with Gasteiger partial charge < -0.3 is 45.9 Å². The van der Waals surface area contributed by atoms with E-state index in [0.29, 0.717) is 38.0 Å². The Morgan fingerprint density at radius 3 is 2.25 bits per heavy atom. The second-order valence-corrected chi connectivity index (χ2v) is 19.0. The number of quaternary nitrogens is 1. The van der Waals surface area contributed by atoms with Gasteiger partial charge in [-0.3, -0.25) is 14.4 Å². The van der Waals surface area contributed by atoms with Gasteiger partial charge in [0.15, 0.2) is 9.84 Å². The Morgan fingerprint density at radius 1 is 0.964 bits per heavy atom. The lowest BCUT2D eigenvalue weighted by atomic mass is 9.83. The summed E-state index contributed by atoms with van der Waals surface area (Å²) < 4.78 is 31.8. The van der Waals surface area contributed by atoms with Gasteiger partial charge in [-0.05, 0) is 44.6 Å². The Hall–Kier alpha value is -4.06. The predicted octanol–water partition coefficient (Wildman–Crippen LogP) is 2.03. The number of aromatic amines is 1. The van der Waals surface area contributed by atoms with Gasteiger partial charge in [-0.1, -0.05) is 62.4 Å². The first kappa shape index (κ1) is 43.1. The smallest absolute Gasteiger partial charge is 0.408 e. The highest BCUT2D eigenvalue weighted by Crippen LogP contribution is 2.33. The van der Waals surface area contributed by atoms with Crippen LogP contribution in [0.1, 0.15) is 83.4 Å². The van der Waals surface area contributed by atoms with Crippen LogP contribution in [0.4, 0.5) is 4.79 Å². The Kier molecular flexibility index (Phi) is 14.6. The number of hydrogen-bond acceptors (Lipinski definition) is 10. The quantitative estimate of drug-likeness (QED) is 0.101. The number of benzene rings is 1. The standard InChI is InChI=1S/C39H59N7O9S/c1-39(2,3)55-38(51)45-31(19-27-12-8-5-9-13-27)36(49)44-32(20-29-21-40-25-41-29)37(50)43-30(18-26-10-6-4-7-11-26)34(47)23-56(53,54)24-35(48)42-33-22-46(52)16-14-28(33)15-17-46/h5,8-9,12-13,21,25-26,28,30-34,47H,4,6-7,10-11,14-20,22-24H2,1-3H3,(H,40,41)(H,42,48)(H,43,50)(H,44,49)(H,45,51)/t28?,30-,31-,32-,33?,34-,46?/m0/s1. The van der Waals surface area contributed by atoms with Crippen molar-refractivity contribution < 1.29 is 42.1 Å². The van der Waals surface area contributed by atoms with Crippen LogP contribution in [0.3, 0.4) is 0 Å². The van der Waals surface area contributed by atoms with E-state index in [0.717, 1.165) is 37.7 Å². The second kappa shape index (κ2) is 18.9. The van der Waals surface area contributed by atoms with Crippen LogP contribution < -0.4 is 21.3 Å². The molecule has 6 N–H and O–H groups in total. The zero-order valence-electron chi connectivity index (χ0n) is 32.7. The third-order valence-corrected chi connectivity index (χ3v) is 12.6. The molecule has 1 saturated carbocycles. The minimum absolute atomic E-state index is 0.0295. The number of nitrogens with zero attached hydrogens (tertiary/aromatic N) is 2. The molecule has 1 aromatic carbocycles. The molecule has 4 heterocycles. The maximum atomic E-state index is 14.2. The number of sulfone groups is 1. The fraction of sp³-hybridized carbons (Fsp3) is 0.667. The summed E-state index contributed by atoms with van der Waals surface area (Å²) >= 11 is 0. The minimum atomic E-state index is -4.16. The second-order valence-electron chi connectivity index (χ2n) is 16.9.